The largest absolute Gasteiger partial charge is 0.491 e. The number of para-hydroxylation sites is 1. The number of aliphatic hydroxyl groups is 1. The van der Waals surface area contributed by atoms with Crippen LogP contribution in [0.2, 0.25) is 0 Å². The Bertz CT molecular complexity index is 974. The molecular weight excluding hydrogens is 342 g/mol. The van der Waals surface area contributed by atoms with Crippen molar-refractivity contribution in [2.75, 3.05) is 13.2 Å². The van der Waals surface area contributed by atoms with Gasteiger partial charge < -0.3 is 19.1 Å². The van der Waals surface area contributed by atoms with Crippen molar-refractivity contribution in [1.82, 2.24) is 4.57 Å². The summed E-state index contributed by atoms with van der Waals surface area (Å²) < 4.78 is 12.6. The van der Waals surface area contributed by atoms with E-state index in [2.05, 4.69) is 36.4 Å². The second kappa shape index (κ2) is 8.10. The molecule has 5 heteroatoms. The summed E-state index contributed by atoms with van der Waals surface area (Å²) >= 11 is 0. The van der Waals surface area contributed by atoms with Crippen molar-refractivity contribution in [3.8, 4) is 17.0 Å². The van der Waals surface area contributed by atoms with Gasteiger partial charge >= 0.3 is 5.97 Å². The Morgan fingerprint density at radius 1 is 1.22 bits per heavy atom. The second-order valence-corrected chi connectivity index (χ2v) is 6.42. The number of esters is 1. The van der Waals surface area contributed by atoms with Crippen LogP contribution in [0.4, 0.5) is 0 Å². The lowest BCUT2D eigenvalue weighted by molar-refractivity contribution is -0.141. The topological polar surface area (TPSA) is 60.7 Å². The zero-order valence-corrected chi connectivity index (χ0v) is 15.5. The SMILES string of the molecule is C=CC(=O)OCC(O)COc1ccc(-c2cc3ccccc3n2C)c(C)c1. The molecule has 1 atom stereocenters. The van der Waals surface area contributed by atoms with E-state index in [1.165, 1.54) is 10.9 Å². The summed E-state index contributed by atoms with van der Waals surface area (Å²) in [6, 6.07) is 16.3. The van der Waals surface area contributed by atoms with E-state index in [4.69, 9.17) is 9.47 Å². The van der Waals surface area contributed by atoms with Gasteiger partial charge in [-0.1, -0.05) is 24.8 Å². The van der Waals surface area contributed by atoms with Crippen LogP contribution < -0.4 is 4.74 Å². The number of hydrogen-bond donors (Lipinski definition) is 1. The zero-order valence-electron chi connectivity index (χ0n) is 15.5. The van der Waals surface area contributed by atoms with Gasteiger partial charge in [-0.2, -0.15) is 0 Å². The second-order valence-electron chi connectivity index (χ2n) is 6.42. The Morgan fingerprint density at radius 3 is 2.70 bits per heavy atom. The van der Waals surface area contributed by atoms with E-state index < -0.39 is 12.1 Å². The standard InChI is InChI=1S/C22H23NO4/c1-4-22(25)27-14-17(24)13-26-18-9-10-19(15(2)11-18)21-12-16-7-5-6-8-20(16)23(21)3/h4-12,17,24H,1,13-14H2,2-3H3. The van der Waals surface area contributed by atoms with E-state index in [0.717, 1.165) is 22.9 Å². The molecule has 0 radical (unpaired) electrons. The molecule has 3 aromatic rings. The van der Waals surface area contributed by atoms with Gasteiger partial charge in [-0.25, -0.2) is 4.79 Å². The number of rotatable bonds is 7. The predicted molar refractivity (Wildman–Crippen MR) is 106 cm³/mol. The van der Waals surface area contributed by atoms with Crippen LogP contribution in [0.3, 0.4) is 0 Å². The summed E-state index contributed by atoms with van der Waals surface area (Å²) in [5.41, 5.74) is 4.52. The normalized spacial score (nSPS) is 12.0. The van der Waals surface area contributed by atoms with Crippen LogP contribution >= 0.6 is 0 Å². The van der Waals surface area contributed by atoms with Crippen LogP contribution in [-0.2, 0) is 16.6 Å². The van der Waals surface area contributed by atoms with Crippen molar-refractivity contribution in [1.29, 1.82) is 0 Å². The molecule has 0 saturated heterocycles. The first-order valence-corrected chi connectivity index (χ1v) is 8.75. The van der Waals surface area contributed by atoms with Crippen molar-refractivity contribution in [3.05, 3.63) is 66.7 Å². The first kappa shape index (κ1) is 18.7. The summed E-state index contributed by atoms with van der Waals surface area (Å²) in [4.78, 5) is 11.0. The number of benzene rings is 2. The molecule has 0 aliphatic carbocycles. The predicted octanol–water partition coefficient (Wildman–Crippen LogP) is 3.62. The number of ether oxygens (including phenoxy) is 2. The molecule has 27 heavy (non-hydrogen) atoms. The number of fused-ring (bicyclic) bond motifs is 1. The van der Waals surface area contributed by atoms with E-state index >= 15 is 0 Å². The number of aryl methyl sites for hydroxylation is 2. The van der Waals surface area contributed by atoms with Gasteiger partial charge in [0.25, 0.3) is 0 Å². The molecule has 1 N–H and O–H groups in total. The van der Waals surface area contributed by atoms with E-state index in [0.29, 0.717) is 5.75 Å². The van der Waals surface area contributed by atoms with Crippen LogP contribution in [-0.4, -0.2) is 35.0 Å². The van der Waals surface area contributed by atoms with Gasteiger partial charge in [-0.15, -0.1) is 0 Å². The average Bonchev–Trinajstić information content (AvgIpc) is 3.01. The molecule has 0 spiro atoms. The third-order valence-corrected chi connectivity index (χ3v) is 4.45. The Kier molecular flexibility index (Phi) is 5.62. The Balaban J connectivity index is 1.71. The summed E-state index contributed by atoms with van der Waals surface area (Å²) in [7, 11) is 2.06. The molecule has 0 bridgehead atoms. The first-order valence-electron chi connectivity index (χ1n) is 8.75. The van der Waals surface area contributed by atoms with Crippen LogP contribution in [0.15, 0.2) is 61.2 Å². The van der Waals surface area contributed by atoms with Crippen LogP contribution in [0, 0.1) is 6.92 Å². The molecule has 5 nitrogen and oxygen atoms in total. The van der Waals surface area contributed by atoms with Crippen molar-refractivity contribution in [3.63, 3.8) is 0 Å². The first-order chi connectivity index (χ1) is 13.0. The molecule has 0 amide bonds. The van der Waals surface area contributed by atoms with Gasteiger partial charge in [0.05, 0.1) is 0 Å². The molecule has 140 valence electrons. The molecule has 2 aromatic carbocycles. The van der Waals surface area contributed by atoms with Crippen molar-refractivity contribution >= 4 is 16.9 Å². The minimum Gasteiger partial charge on any atom is -0.491 e. The fourth-order valence-electron chi connectivity index (χ4n) is 3.04. The molecule has 0 fully saturated rings. The van der Waals surface area contributed by atoms with Gasteiger partial charge in [0.1, 0.15) is 25.1 Å². The minimum absolute atomic E-state index is 0.0389. The fourth-order valence-corrected chi connectivity index (χ4v) is 3.04. The van der Waals surface area contributed by atoms with E-state index in [1.807, 2.05) is 37.3 Å². The maximum Gasteiger partial charge on any atom is 0.330 e. The van der Waals surface area contributed by atoms with E-state index in [9.17, 15) is 9.90 Å². The molecule has 1 heterocycles. The lowest BCUT2D eigenvalue weighted by Gasteiger charge is -2.14. The highest BCUT2D eigenvalue weighted by Gasteiger charge is 2.12. The fraction of sp³-hybridized carbons (Fsp3) is 0.227. The molecule has 0 aliphatic rings. The van der Waals surface area contributed by atoms with E-state index in [1.54, 1.807) is 0 Å². The number of hydrogen-bond acceptors (Lipinski definition) is 4. The molecule has 0 aliphatic heterocycles. The molecular formula is C22H23NO4. The number of carbonyl (C=O) groups is 1. The highest BCUT2D eigenvalue weighted by Crippen LogP contribution is 2.31. The van der Waals surface area contributed by atoms with Crippen LogP contribution in [0.5, 0.6) is 5.75 Å². The number of aromatic nitrogens is 1. The monoisotopic (exact) mass is 365 g/mol. The summed E-state index contributed by atoms with van der Waals surface area (Å²) in [6.07, 6.45) is 0.162. The lowest BCUT2D eigenvalue weighted by atomic mass is 10.1. The summed E-state index contributed by atoms with van der Waals surface area (Å²) in [5.74, 6) is 0.0910. The number of nitrogens with zero attached hydrogens (tertiary/aromatic N) is 1. The molecule has 1 aromatic heterocycles. The van der Waals surface area contributed by atoms with E-state index in [-0.39, 0.29) is 13.2 Å². The summed E-state index contributed by atoms with van der Waals surface area (Å²) in [6.45, 7) is 5.25. The highest BCUT2D eigenvalue weighted by atomic mass is 16.5. The third kappa shape index (κ3) is 4.20. The van der Waals surface area contributed by atoms with Crippen molar-refractivity contribution in [2.24, 2.45) is 7.05 Å². The third-order valence-electron chi connectivity index (χ3n) is 4.45. The van der Waals surface area contributed by atoms with Crippen molar-refractivity contribution < 1.29 is 19.4 Å². The quantitative estimate of drug-likeness (QED) is 0.513. The van der Waals surface area contributed by atoms with Gasteiger partial charge in [0.2, 0.25) is 0 Å². The van der Waals surface area contributed by atoms with Gasteiger partial charge in [-0.05, 0) is 42.8 Å². The lowest BCUT2D eigenvalue weighted by Crippen LogP contribution is -2.24. The van der Waals surface area contributed by atoms with Crippen LogP contribution in [0.25, 0.3) is 22.2 Å². The van der Waals surface area contributed by atoms with Gasteiger partial charge in [0, 0.05) is 35.3 Å². The Morgan fingerprint density at radius 2 is 2.00 bits per heavy atom. The highest BCUT2D eigenvalue weighted by molar-refractivity contribution is 5.87. The van der Waals surface area contributed by atoms with Crippen molar-refractivity contribution in [2.45, 2.75) is 13.0 Å². The minimum atomic E-state index is -0.896. The zero-order chi connectivity index (χ0) is 19.4. The number of aliphatic hydroxyl groups excluding tert-OH is 1. The Hall–Kier alpha value is -3.05. The molecule has 1 unspecified atom stereocenters. The molecule has 0 saturated carbocycles. The average molecular weight is 365 g/mol. The maximum absolute atomic E-state index is 11.0. The summed E-state index contributed by atoms with van der Waals surface area (Å²) in [5, 5.41) is 11.0. The van der Waals surface area contributed by atoms with Gasteiger partial charge in [0.15, 0.2) is 0 Å². The van der Waals surface area contributed by atoms with Gasteiger partial charge in [-0.3, -0.25) is 0 Å². The Labute approximate surface area is 158 Å². The number of carbonyl (C=O) groups excluding carboxylic acids is 1. The smallest absolute Gasteiger partial charge is 0.330 e. The molecule has 3 rings (SSSR count). The van der Waals surface area contributed by atoms with Crippen LogP contribution in [0.1, 0.15) is 5.56 Å². The maximum atomic E-state index is 11.0.